The summed E-state index contributed by atoms with van der Waals surface area (Å²) in [4.78, 5) is 25.9. The number of anilines is 2. The number of hydrogen-bond donors (Lipinski definition) is 3. The Morgan fingerprint density at radius 3 is 2.43 bits per heavy atom. The second-order valence-corrected chi connectivity index (χ2v) is 5.03. The fraction of sp³-hybridized carbons (Fsp3) is 0.188. The molecule has 120 valence electrons. The summed E-state index contributed by atoms with van der Waals surface area (Å²) in [5, 5.41) is 16.7. The molecule has 7 heteroatoms. The van der Waals surface area contributed by atoms with Crippen molar-refractivity contribution >= 4 is 34.3 Å². The highest BCUT2D eigenvalue weighted by atomic mass is 16.4. The van der Waals surface area contributed by atoms with Gasteiger partial charge in [-0.05, 0) is 12.5 Å². The number of benzene rings is 1. The average molecular weight is 315 g/mol. The van der Waals surface area contributed by atoms with Crippen LogP contribution in [0.3, 0.4) is 0 Å². The van der Waals surface area contributed by atoms with Crippen LogP contribution in [0.4, 0.5) is 11.5 Å². The van der Waals surface area contributed by atoms with Crippen molar-refractivity contribution < 1.29 is 19.8 Å². The maximum atomic E-state index is 9.55. The number of carbonyl (C=O) groups is 2. The number of nitrogens with zero attached hydrogens (tertiary/aromatic N) is 2. The summed E-state index contributed by atoms with van der Waals surface area (Å²) in [5.74, 6) is -1.47. The van der Waals surface area contributed by atoms with Gasteiger partial charge in [-0.15, -0.1) is 0 Å². The fourth-order valence-corrected chi connectivity index (χ4v) is 2.35. The number of pyridine rings is 1. The minimum absolute atomic E-state index is 0.558. The molecular weight excluding hydrogens is 298 g/mol. The first-order chi connectivity index (χ1) is 10.9. The molecule has 7 nitrogen and oxygen atoms in total. The molecule has 0 fully saturated rings. The molecule has 1 aromatic heterocycles. The van der Waals surface area contributed by atoms with Gasteiger partial charge in [-0.2, -0.15) is 0 Å². The Morgan fingerprint density at radius 1 is 1.22 bits per heavy atom. The van der Waals surface area contributed by atoms with Gasteiger partial charge in [-0.1, -0.05) is 18.2 Å². The van der Waals surface area contributed by atoms with Crippen LogP contribution < -0.4 is 10.6 Å². The number of rotatable bonds is 2. The van der Waals surface area contributed by atoms with E-state index in [1.54, 1.807) is 0 Å². The first-order valence-electron chi connectivity index (χ1n) is 6.92. The molecule has 1 aliphatic heterocycles. The number of carboxylic acid groups (broad SMARTS) is 2. The molecule has 0 spiro atoms. The van der Waals surface area contributed by atoms with E-state index in [0.717, 1.165) is 35.4 Å². The predicted molar refractivity (Wildman–Crippen MR) is 87.5 cm³/mol. The molecule has 4 N–H and O–H groups in total. The van der Waals surface area contributed by atoms with E-state index in [2.05, 4.69) is 16.9 Å². The lowest BCUT2D eigenvalue weighted by atomic mass is 10.1. The van der Waals surface area contributed by atoms with Gasteiger partial charge in [0.05, 0.1) is 5.52 Å². The molecule has 0 radical (unpaired) electrons. The number of para-hydroxylation sites is 1. The monoisotopic (exact) mass is 315 g/mol. The summed E-state index contributed by atoms with van der Waals surface area (Å²) in [7, 11) is 2.06. The largest absolute Gasteiger partial charge is 0.478 e. The second-order valence-electron chi connectivity index (χ2n) is 5.03. The van der Waals surface area contributed by atoms with E-state index in [-0.39, 0.29) is 0 Å². The van der Waals surface area contributed by atoms with Gasteiger partial charge < -0.3 is 20.8 Å². The van der Waals surface area contributed by atoms with Crippen molar-refractivity contribution in [2.75, 3.05) is 24.2 Å². The Kier molecular flexibility index (Phi) is 4.80. The molecular formula is C16H17N3O4. The van der Waals surface area contributed by atoms with E-state index < -0.39 is 11.9 Å². The lowest BCUT2D eigenvalue weighted by Gasteiger charge is -2.12. The van der Waals surface area contributed by atoms with Crippen LogP contribution in [0.2, 0.25) is 0 Å². The Morgan fingerprint density at radius 2 is 1.83 bits per heavy atom. The van der Waals surface area contributed by atoms with Crippen molar-refractivity contribution in [2.24, 2.45) is 0 Å². The molecule has 0 saturated heterocycles. The number of carboxylic acids is 2. The summed E-state index contributed by atoms with van der Waals surface area (Å²) >= 11 is 0. The van der Waals surface area contributed by atoms with Crippen LogP contribution >= 0.6 is 0 Å². The number of aliphatic carboxylic acids is 2. The molecule has 1 aliphatic rings. The molecule has 2 aromatic rings. The Balaban J connectivity index is 0.000000207. The second kappa shape index (κ2) is 6.78. The van der Waals surface area contributed by atoms with Gasteiger partial charge >= 0.3 is 11.9 Å². The van der Waals surface area contributed by atoms with Crippen LogP contribution in [-0.4, -0.2) is 40.7 Å². The number of fused-ring (bicyclic) bond motifs is 2. The summed E-state index contributed by atoms with van der Waals surface area (Å²) in [6.07, 6.45) is 2.13. The molecule has 0 aliphatic carbocycles. The Hall–Kier alpha value is -3.09. The zero-order valence-corrected chi connectivity index (χ0v) is 12.6. The number of likely N-dealkylation sites (N-methyl/N-ethyl adjacent to an activating group) is 1. The number of aromatic nitrogens is 1. The highest BCUT2D eigenvalue weighted by molar-refractivity contribution is 5.95. The summed E-state index contributed by atoms with van der Waals surface area (Å²) in [5.41, 5.74) is 9.26. The van der Waals surface area contributed by atoms with Gasteiger partial charge in [0.2, 0.25) is 0 Å². The van der Waals surface area contributed by atoms with Gasteiger partial charge in [0, 0.05) is 42.4 Å². The van der Waals surface area contributed by atoms with Crippen molar-refractivity contribution in [3.05, 3.63) is 42.0 Å². The smallest absolute Gasteiger partial charge is 0.328 e. The highest BCUT2D eigenvalue weighted by Gasteiger charge is 2.21. The molecule has 23 heavy (non-hydrogen) atoms. The van der Waals surface area contributed by atoms with Crippen molar-refractivity contribution in [3.8, 4) is 0 Å². The minimum Gasteiger partial charge on any atom is -0.478 e. The van der Waals surface area contributed by atoms with Crippen molar-refractivity contribution in [1.29, 1.82) is 0 Å². The SMILES string of the molecule is CN1CCc2c1nc1ccccc1c2N.O=C(O)/C=C/C(=O)O. The Bertz CT molecular complexity index is 770. The van der Waals surface area contributed by atoms with E-state index >= 15 is 0 Å². The van der Waals surface area contributed by atoms with E-state index in [1.807, 2.05) is 24.3 Å². The van der Waals surface area contributed by atoms with E-state index in [1.165, 1.54) is 5.56 Å². The van der Waals surface area contributed by atoms with Crippen LogP contribution in [-0.2, 0) is 16.0 Å². The quantitative estimate of drug-likeness (QED) is 0.719. The fourth-order valence-electron chi connectivity index (χ4n) is 2.35. The molecule has 0 amide bonds. The maximum absolute atomic E-state index is 9.55. The third-order valence-electron chi connectivity index (χ3n) is 3.44. The van der Waals surface area contributed by atoms with Crippen LogP contribution in [0.15, 0.2) is 36.4 Å². The molecule has 0 bridgehead atoms. The Labute approximate surface area is 132 Å². The number of nitrogens with two attached hydrogens (primary N) is 1. The molecule has 0 atom stereocenters. The van der Waals surface area contributed by atoms with Crippen LogP contribution in [0.5, 0.6) is 0 Å². The molecule has 0 saturated carbocycles. The summed E-state index contributed by atoms with van der Waals surface area (Å²) in [6, 6.07) is 8.05. The van der Waals surface area contributed by atoms with E-state index in [9.17, 15) is 9.59 Å². The molecule has 3 rings (SSSR count). The topological polar surface area (TPSA) is 117 Å². The van der Waals surface area contributed by atoms with Crippen LogP contribution in [0, 0.1) is 0 Å². The maximum Gasteiger partial charge on any atom is 0.328 e. The number of hydrogen-bond acceptors (Lipinski definition) is 5. The average Bonchev–Trinajstić information content (AvgIpc) is 2.88. The van der Waals surface area contributed by atoms with E-state index in [4.69, 9.17) is 15.9 Å². The first-order valence-corrected chi connectivity index (χ1v) is 6.92. The third-order valence-corrected chi connectivity index (χ3v) is 3.44. The third kappa shape index (κ3) is 3.76. The highest BCUT2D eigenvalue weighted by Crippen LogP contribution is 2.34. The number of nitrogen functional groups attached to an aromatic ring is 1. The summed E-state index contributed by atoms with van der Waals surface area (Å²) in [6.45, 7) is 1.02. The zero-order chi connectivity index (χ0) is 17.0. The van der Waals surface area contributed by atoms with E-state index in [0.29, 0.717) is 12.2 Å². The van der Waals surface area contributed by atoms with Gasteiger partial charge in [0.15, 0.2) is 0 Å². The molecule has 1 aromatic carbocycles. The predicted octanol–water partition coefficient (Wildman–Crippen LogP) is 1.52. The minimum atomic E-state index is -1.26. The lowest BCUT2D eigenvalue weighted by Crippen LogP contribution is -2.13. The standard InChI is InChI=1S/C12H13N3.C4H4O4/c1-15-7-6-9-11(13)8-4-2-3-5-10(8)14-12(9)15;5-3(6)1-2-4(7)8/h2-5H,6-7H2,1H3,(H2,13,14);1-2H,(H,5,6)(H,7,8)/b;2-1+. The summed E-state index contributed by atoms with van der Waals surface area (Å²) < 4.78 is 0. The van der Waals surface area contributed by atoms with Crippen molar-refractivity contribution in [3.63, 3.8) is 0 Å². The van der Waals surface area contributed by atoms with Crippen molar-refractivity contribution in [1.82, 2.24) is 4.98 Å². The van der Waals surface area contributed by atoms with Gasteiger partial charge in [0.1, 0.15) is 5.82 Å². The van der Waals surface area contributed by atoms with Crippen molar-refractivity contribution in [2.45, 2.75) is 6.42 Å². The zero-order valence-electron chi connectivity index (χ0n) is 12.6. The first kappa shape index (κ1) is 16.3. The lowest BCUT2D eigenvalue weighted by molar-refractivity contribution is -0.134. The van der Waals surface area contributed by atoms with Gasteiger partial charge in [0.25, 0.3) is 0 Å². The van der Waals surface area contributed by atoms with Gasteiger partial charge in [-0.25, -0.2) is 14.6 Å². The molecule has 0 unspecified atom stereocenters. The normalized spacial score (nSPS) is 12.8. The molecule has 2 heterocycles. The van der Waals surface area contributed by atoms with Crippen LogP contribution in [0.1, 0.15) is 5.56 Å². The van der Waals surface area contributed by atoms with Crippen LogP contribution in [0.25, 0.3) is 10.9 Å². The van der Waals surface area contributed by atoms with Gasteiger partial charge in [-0.3, -0.25) is 0 Å².